The van der Waals surface area contributed by atoms with Crippen LogP contribution in [0.2, 0.25) is 0 Å². The quantitative estimate of drug-likeness (QED) is 0.630. The lowest BCUT2D eigenvalue weighted by Crippen LogP contribution is -2.35. The summed E-state index contributed by atoms with van der Waals surface area (Å²) < 4.78 is 5.26. The third-order valence-electron chi connectivity index (χ3n) is 5.22. The molecule has 5 nitrogen and oxygen atoms in total. The summed E-state index contributed by atoms with van der Waals surface area (Å²) in [5.41, 5.74) is 2.33. The summed E-state index contributed by atoms with van der Waals surface area (Å²) in [4.78, 5) is 23.7. The van der Waals surface area contributed by atoms with Gasteiger partial charge in [-0.1, -0.05) is 18.2 Å². The maximum atomic E-state index is 12.7. The molecule has 0 bridgehead atoms. The van der Waals surface area contributed by atoms with Crippen molar-refractivity contribution in [3.63, 3.8) is 0 Å². The Balaban J connectivity index is 1.53. The zero-order valence-electron chi connectivity index (χ0n) is 15.9. The molecule has 1 aliphatic rings. The maximum absolute atomic E-state index is 12.7. The molecule has 0 N–H and O–H groups in total. The number of hydrogen-bond donors (Lipinski definition) is 0. The van der Waals surface area contributed by atoms with Gasteiger partial charge in [0.2, 0.25) is 5.78 Å². The molecule has 0 radical (unpaired) electrons. The molecule has 0 aliphatic carbocycles. The number of pyridine rings is 2. The number of hydrogen-bond acceptors (Lipinski definition) is 5. The lowest BCUT2D eigenvalue weighted by molar-refractivity contribution is 0.103. The highest BCUT2D eigenvalue weighted by atomic mass is 16.5. The van der Waals surface area contributed by atoms with Gasteiger partial charge in [0.1, 0.15) is 17.3 Å². The Morgan fingerprint density at radius 3 is 2.71 bits per heavy atom. The molecule has 3 aromatic rings. The molecule has 5 heteroatoms. The number of aromatic nitrogens is 2. The highest BCUT2D eigenvalue weighted by molar-refractivity contribution is 6.07. The van der Waals surface area contributed by atoms with E-state index in [1.165, 1.54) is 5.56 Å². The van der Waals surface area contributed by atoms with Gasteiger partial charge in [-0.25, -0.2) is 4.98 Å². The predicted molar refractivity (Wildman–Crippen MR) is 109 cm³/mol. The molecule has 4 rings (SSSR count). The van der Waals surface area contributed by atoms with Gasteiger partial charge in [-0.15, -0.1) is 0 Å². The van der Waals surface area contributed by atoms with Crippen LogP contribution in [0.25, 0.3) is 0 Å². The molecule has 3 heterocycles. The topological polar surface area (TPSA) is 55.3 Å². The lowest BCUT2D eigenvalue weighted by Gasteiger charge is -2.34. The number of rotatable bonds is 5. The van der Waals surface area contributed by atoms with Gasteiger partial charge in [0.15, 0.2) is 0 Å². The van der Waals surface area contributed by atoms with Crippen LogP contribution >= 0.6 is 0 Å². The summed E-state index contributed by atoms with van der Waals surface area (Å²) in [6.07, 6.45) is 5.49. The maximum Gasteiger partial charge on any atom is 0.212 e. The smallest absolute Gasteiger partial charge is 0.212 e. The number of nitrogens with zero attached hydrogens (tertiary/aromatic N) is 3. The number of methoxy groups -OCH3 is 1. The molecule has 1 aromatic carbocycles. The molecule has 2 aromatic heterocycles. The van der Waals surface area contributed by atoms with Gasteiger partial charge in [0.05, 0.1) is 7.11 Å². The van der Waals surface area contributed by atoms with E-state index in [1.807, 2.05) is 24.3 Å². The molecular weight excluding hydrogens is 350 g/mol. The summed E-state index contributed by atoms with van der Waals surface area (Å²) in [6, 6.07) is 17.5. The molecule has 1 aliphatic heterocycles. The normalized spacial score (nSPS) is 16.6. The van der Waals surface area contributed by atoms with Crippen LogP contribution in [0.15, 0.2) is 67.0 Å². The van der Waals surface area contributed by atoms with Crippen molar-refractivity contribution in [3.8, 4) is 5.75 Å². The van der Waals surface area contributed by atoms with Gasteiger partial charge < -0.3 is 9.64 Å². The van der Waals surface area contributed by atoms with Gasteiger partial charge in [-0.05, 0) is 54.8 Å². The number of carbonyl (C=O) groups excluding carboxylic acids is 1. The fourth-order valence-corrected chi connectivity index (χ4v) is 3.70. The van der Waals surface area contributed by atoms with Crippen LogP contribution in [0.1, 0.15) is 40.4 Å². The summed E-state index contributed by atoms with van der Waals surface area (Å²) >= 11 is 0. The summed E-state index contributed by atoms with van der Waals surface area (Å²) in [5.74, 6) is 2.07. The van der Waals surface area contributed by atoms with Crippen LogP contribution in [-0.4, -0.2) is 36.0 Å². The van der Waals surface area contributed by atoms with Crippen LogP contribution in [0.5, 0.6) is 5.75 Å². The predicted octanol–water partition coefficient (Wildman–Crippen LogP) is 4.10. The van der Waals surface area contributed by atoms with E-state index < -0.39 is 0 Å². The van der Waals surface area contributed by atoms with Crippen LogP contribution in [0.3, 0.4) is 0 Å². The molecule has 1 saturated heterocycles. The van der Waals surface area contributed by atoms with Gasteiger partial charge >= 0.3 is 0 Å². The van der Waals surface area contributed by atoms with Gasteiger partial charge in [0, 0.05) is 37.0 Å². The van der Waals surface area contributed by atoms with Crippen LogP contribution in [0, 0.1) is 0 Å². The Labute approximate surface area is 165 Å². The van der Waals surface area contributed by atoms with Crippen LogP contribution in [0.4, 0.5) is 5.82 Å². The van der Waals surface area contributed by atoms with Crippen molar-refractivity contribution >= 4 is 11.6 Å². The van der Waals surface area contributed by atoms with Crippen molar-refractivity contribution in [2.75, 3.05) is 25.1 Å². The first-order chi connectivity index (χ1) is 13.7. The van der Waals surface area contributed by atoms with E-state index in [0.29, 0.717) is 17.2 Å². The first-order valence-corrected chi connectivity index (χ1v) is 9.55. The summed E-state index contributed by atoms with van der Waals surface area (Å²) in [7, 11) is 1.68. The van der Waals surface area contributed by atoms with E-state index in [9.17, 15) is 4.79 Å². The Morgan fingerprint density at radius 1 is 1.11 bits per heavy atom. The van der Waals surface area contributed by atoms with Crippen molar-refractivity contribution < 1.29 is 9.53 Å². The average molecular weight is 373 g/mol. The fourth-order valence-electron chi connectivity index (χ4n) is 3.70. The first kappa shape index (κ1) is 18.2. The Bertz CT molecular complexity index is 942. The van der Waals surface area contributed by atoms with E-state index in [-0.39, 0.29) is 5.78 Å². The van der Waals surface area contributed by atoms with E-state index >= 15 is 0 Å². The molecule has 0 spiro atoms. The van der Waals surface area contributed by atoms with Crippen molar-refractivity contribution in [2.45, 2.75) is 18.8 Å². The number of ketones is 1. The Morgan fingerprint density at radius 2 is 1.96 bits per heavy atom. The highest BCUT2D eigenvalue weighted by Gasteiger charge is 2.23. The van der Waals surface area contributed by atoms with Gasteiger partial charge in [-0.3, -0.25) is 9.78 Å². The number of carbonyl (C=O) groups is 1. The molecule has 0 saturated carbocycles. The van der Waals surface area contributed by atoms with Crippen molar-refractivity contribution in [1.29, 1.82) is 0 Å². The third-order valence-corrected chi connectivity index (χ3v) is 5.22. The first-order valence-electron chi connectivity index (χ1n) is 9.55. The zero-order chi connectivity index (χ0) is 19.3. The molecule has 28 heavy (non-hydrogen) atoms. The lowest BCUT2D eigenvalue weighted by atomic mass is 9.90. The fraction of sp³-hybridized carbons (Fsp3) is 0.261. The van der Waals surface area contributed by atoms with Crippen LogP contribution < -0.4 is 9.64 Å². The second kappa shape index (κ2) is 8.21. The second-order valence-corrected chi connectivity index (χ2v) is 7.01. The van der Waals surface area contributed by atoms with Crippen LogP contribution in [-0.2, 0) is 0 Å². The number of ether oxygens (including phenoxy) is 1. The van der Waals surface area contributed by atoms with E-state index in [4.69, 9.17) is 4.74 Å². The zero-order valence-corrected chi connectivity index (χ0v) is 15.9. The highest BCUT2D eigenvalue weighted by Crippen LogP contribution is 2.30. The van der Waals surface area contributed by atoms with E-state index in [1.54, 1.807) is 37.7 Å². The molecule has 1 atom stereocenters. The molecule has 1 fully saturated rings. The largest absolute Gasteiger partial charge is 0.497 e. The molecule has 1 unspecified atom stereocenters. The summed E-state index contributed by atoms with van der Waals surface area (Å²) in [5, 5.41) is 0. The van der Waals surface area contributed by atoms with Crippen molar-refractivity contribution in [3.05, 3.63) is 83.8 Å². The SMILES string of the molecule is COc1ccc(C2CCCN(c3cccc(C(=O)c4cccnc4)n3)C2)cc1. The Hall–Kier alpha value is -3.21. The van der Waals surface area contributed by atoms with Gasteiger partial charge in [-0.2, -0.15) is 0 Å². The molecular formula is C23H23N3O2. The average Bonchev–Trinajstić information content (AvgIpc) is 2.79. The second-order valence-electron chi connectivity index (χ2n) is 7.01. The number of anilines is 1. The third kappa shape index (κ3) is 3.88. The van der Waals surface area contributed by atoms with Crippen molar-refractivity contribution in [1.82, 2.24) is 9.97 Å². The molecule has 0 amide bonds. The van der Waals surface area contributed by atoms with Gasteiger partial charge in [0.25, 0.3) is 0 Å². The molecule has 142 valence electrons. The van der Waals surface area contributed by atoms with Crippen molar-refractivity contribution in [2.24, 2.45) is 0 Å². The van der Waals surface area contributed by atoms with E-state index in [0.717, 1.165) is 37.5 Å². The number of benzene rings is 1. The number of piperidine rings is 1. The van der Waals surface area contributed by atoms with E-state index in [2.05, 4.69) is 27.0 Å². The monoisotopic (exact) mass is 373 g/mol. The standard InChI is InChI=1S/C23H23N3O2/c1-28-20-11-9-17(10-12-20)19-6-4-14-26(16-19)22-8-2-7-21(25-22)23(27)18-5-3-13-24-15-18/h2-3,5,7-13,15,19H,4,6,14,16H2,1H3. The minimum atomic E-state index is -0.0985. The Kier molecular flexibility index (Phi) is 5.33. The summed E-state index contributed by atoms with van der Waals surface area (Å²) in [6.45, 7) is 1.84. The minimum Gasteiger partial charge on any atom is -0.497 e. The minimum absolute atomic E-state index is 0.0985.